The molecule has 3 aromatic heterocycles. The number of nitrogens with zero attached hydrogens (tertiary/aromatic N) is 4. The maximum Gasteiger partial charge on any atom is 0.182 e. The summed E-state index contributed by atoms with van der Waals surface area (Å²) in [5, 5.41) is 5.02. The average Bonchev–Trinajstić information content (AvgIpc) is 3.28. The number of imidazole rings is 1. The molecule has 8 heteroatoms. The summed E-state index contributed by atoms with van der Waals surface area (Å²) in [5.74, 6) is 0.340. The number of fused-ring (bicyclic) bond motifs is 2. The minimum atomic E-state index is -0.315. The third-order valence-electron chi connectivity index (χ3n) is 5.41. The second kappa shape index (κ2) is 8.51. The van der Waals surface area contributed by atoms with E-state index in [1.165, 1.54) is 18.5 Å². The predicted molar refractivity (Wildman–Crippen MR) is 125 cm³/mol. The van der Waals surface area contributed by atoms with Gasteiger partial charge < -0.3 is 10.3 Å². The molecule has 0 saturated heterocycles. The van der Waals surface area contributed by atoms with Gasteiger partial charge in [0.05, 0.1) is 28.6 Å². The van der Waals surface area contributed by atoms with Crippen LogP contribution in [0.4, 0.5) is 10.2 Å². The highest BCUT2D eigenvalue weighted by atomic mass is 35.5. The number of H-pyrrole nitrogens is 1. The van der Waals surface area contributed by atoms with Crippen LogP contribution >= 0.6 is 11.6 Å². The van der Waals surface area contributed by atoms with Gasteiger partial charge in [-0.15, -0.1) is 0 Å². The molecule has 0 aliphatic carbocycles. The molecule has 6 nitrogen and oxygen atoms in total. The molecular formula is C24H20ClFN6. The van der Waals surface area contributed by atoms with E-state index in [1.807, 2.05) is 24.3 Å². The lowest BCUT2D eigenvalue weighted by Gasteiger charge is -2.23. The van der Waals surface area contributed by atoms with Gasteiger partial charge in [0.2, 0.25) is 0 Å². The van der Waals surface area contributed by atoms with Crippen molar-refractivity contribution in [3.63, 3.8) is 0 Å². The molecule has 160 valence electrons. The third kappa shape index (κ3) is 3.76. The quantitative estimate of drug-likeness (QED) is 0.319. The van der Waals surface area contributed by atoms with Crippen LogP contribution in [0, 0.1) is 5.82 Å². The van der Waals surface area contributed by atoms with Gasteiger partial charge in [-0.3, -0.25) is 0 Å². The Morgan fingerprint density at radius 1 is 1.09 bits per heavy atom. The second-order valence-electron chi connectivity index (χ2n) is 7.56. The first kappa shape index (κ1) is 20.3. The van der Waals surface area contributed by atoms with Gasteiger partial charge in [0.25, 0.3) is 0 Å². The molecule has 2 N–H and O–H groups in total. The maximum absolute atomic E-state index is 14.1. The van der Waals surface area contributed by atoms with Crippen molar-refractivity contribution in [3.05, 3.63) is 77.6 Å². The van der Waals surface area contributed by atoms with Gasteiger partial charge in [0, 0.05) is 16.5 Å². The summed E-state index contributed by atoms with van der Waals surface area (Å²) >= 11 is 6.44. The van der Waals surface area contributed by atoms with Crippen molar-refractivity contribution in [2.75, 3.05) is 5.32 Å². The normalized spacial score (nSPS) is 12.3. The number of hydrogen-bond donors (Lipinski definition) is 2. The van der Waals surface area contributed by atoms with E-state index in [4.69, 9.17) is 16.6 Å². The van der Waals surface area contributed by atoms with Crippen LogP contribution in [0.3, 0.4) is 0 Å². The number of halogens is 2. The number of rotatable bonds is 6. The van der Waals surface area contributed by atoms with E-state index in [-0.39, 0.29) is 11.9 Å². The Hall–Kier alpha value is -3.58. The van der Waals surface area contributed by atoms with Crippen LogP contribution in [-0.2, 0) is 0 Å². The highest BCUT2D eigenvalue weighted by Crippen LogP contribution is 2.36. The standard InChI is InChI=1S/C24H20ClFN6/c1-2-5-19(31-24-22-23(28-12-27-22)29-13-30-24)17-11-15-7-4-9-18(25)21(15)32-20(17)14-6-3-8-16(26)10-14/h3-4,6-13,19H,2,5H2,1H3,(H2,27,28,29,30,31). The molecule has 0 fully saturated rings. The minimum absolute atomic E-state index is 0.129. The molecule has 0 spiro atoms. The fourth-order valence-corrected chi connectivity index (χ4v) is 4.17. The summed E-state index contributed by atoms with van der Waals surface area (Å²) in [6.45, 7) is 2.12. The summed E-state index contributed by atoms with van der Waals surface area (Å²) in [6, 6.07) is 14.1. The summed E-state index contributed by atoms with van der Waals surface area (Å²) in [7, 11) is 0. The lowest BCUT2D eigenvalue weighted by Crippen LogP contribution is -2.14. The Labute approximate surface area is 188 Å². The molecule has 32 heavy (non-hydrogen) atoms. The monoisotopic (exact) mass is 446 g/mol. The molecule has 3 heterocycles. The van der Waals surface area contributed by atoms with Crippen molar-refractivity contribution in [1.29, 1.82) is 0 Å². The zero-order chi connectivity index (χ0) is 22.1. The number of benzene rings is 2. The van der Waals surface area contributed by atoms with Crippen LogP contribution in [0.1, 0.15) is 31.4 Å². The van der Waals surface area contributed by atoms with Crippen LogP contribution in [0.25, 0.3) is 33.3 Å². The fourth-order valence-electron chi connectivity index (χ4n) is 3.94. The van der Waals surface area contributed by atoms with Crippen molar-refractivity contribution in [2.24, 2.45) is 0 Å². The van der Waals surface area contributed by atoms with Gasteiger partial charge in [0.15, 0.2) is 11.5 Å². The Balaban J connectivity index is 1.70. The minimum Gasteiger partial charge on any atom is -0.361 e. The Kier molecular flexibility index (Phi) is 5.41. The highest BCUT2D eigenvalue weighted by Gasteiger charge is 2.21. The first-order valence-electron chi connectivity index (χ1n) is 10.4. The summed E-state index contributed by atoms with van der Waals surface area (Å²) in [4.78, 5) is 20.8. The van der Waals surface area contributed by atoms with Gasteiger partial charge in [0.1, 0.15) is 17.7 Å². The molecule has 0 amide bonds. The zero-order valence-corrected chi connectivity index (χ0v) is 18.1. The van der Waals surface area contributed by atoms with E-state index < -0.39 is 0 Å². The number of aromatic nitrogens is 5. The van der Waals surface area contributed by atoms with E-state index in [2.05, 4.69) is 38.2 Å². The summed E-state index contributed by atoms with van der Waals surface area (Å²) in [5.41, 5.74) is 4.33. The number of para-hydroxylation sites is 1. The van der Waals surface area contributed by atoms with Crippen molar-refractivity contribution < 1.29 is 4.39 Å². The molecule has 2 aromatic carbocycles. The lowest BCUT2D eigenvalue weighted by atomic mass is 9.95. The number of hydrogen-bond acceptors (Lipinski definition) is 5. The maximum atomic E-state index is 14.1. The second-order valence-corrected chi connectivity index (χ2v) is 7.96. The Morgan fingerprint density at radius 2 is 1.97 bits per heavy atom. The van der Waals surface area contributed by atoms with Gasteiger partial charge in [-0.1, -0.05) is 49.2 Å². The number of anilines is 1. The van der Waals surface area contributed by atoms with Crippen LogP contribution in [-0.4, -0.2) is 24.9 Å². The molecule has 0 aliphatic rings. The Bertz CT molecular complexity index is 1420. The summed E-state index contributed by atoms with van der Waals surface area (Å²) < 4.78 is 14.1. The summed E-state index contributed by atoms with van der Waals surface area (Å²) in [6.07, 6.45) is 4.82. The van der Waals surface area contributed by atoms with Gasteiger partial charge >= 0.3 is 0 Å². The van der Waals surface area contributed by atoms with E-state index in [1.54, 1.807) is 12.4 Å². The molecule has 0 aliphatic heterocycles. The first-order valence-corrected chi connectivity index (χ1v) is 10.8. The zero-order valence-electron chi connectivity index (χ0n) is 17.3. The average molecular weight is 447 g/mol. The third-order valence-corrected chi connectivity index (χ3v) is 5.72. The van der Waals surface area contributed by atoms with Crippen LogP contribution in [0.2, 0.25) is 5.02 Å². The SMILES string of the molecule is CCCC(Nc1ncnc2nc[nH]c12)c1cc2cccc(Cl)c2nc1-c1cccc(F)c1. The molecule has 0 radical (unpaired) electrons. The van der Waals surface area contributed by atoms with Crippen LogP contribution < -0.4 is 5.32 Å². The van der Waals surface area contributed by atoms with Crippen molar-refractivity contribution >= 4 is 39.5 Å². The van der Waals surface area contributed by atoms with Crippen LogP contribution in [0.5, 0.6) is 0 Å². The van der Waals surface area contributed by atoms with E-state index in [9.17, 15) is 4.39 Å². The van der Waals surface area contributed by atoms with E-state index in [0.717, 1.165) is 29.3 Å². The number of pyridine rings is 1. The molecule has 5 rings (SSSR count). The largest absolute Gasteiger partial charge is 0.361 e. The smallest absolute Gasteiger partial charge is 0.182 e. The molecule has 5 aromatic rings. The highest BCUT2D eigenvalue weighted by molar-refractivity contribution is 6.35. The lowest BCUT2D eigenvalue weighted by molar-refractivity contribution is 0.628. The van der Waals surface area contributed by atoms with Gasteiger partial charge in [-0.05, 0) is 30.7 Å². The predicted octanol–water partition coefficient (Wildman–Crippen LogP) is 6.31. The van der Waals surface area contributed by atoms with Gasteiger partial charge in [-0.25, -0.2) is 24.3 Å². The molecule has 0 bridgehead atoms. The molecule has 1 atom stereocenters. The molecule has 1 unspecified atom stereocenters. The number of nitrogens with one attached hydrogen (secondary N) is 2. The van der Waals surface area contributed by atoms with Crippen molar-refractivity contribution in [1.82, 2.24) is 24.9 Å². The fraction of sp³-hybridized carbons (Fsp3) is 0.167. The van der Waals surface area contributed by atoms with E-state index >= 15 is 0 Å². The Morgan fingerprint density at radius 3 is 2.81 bits per heavy atom. The molecular weight excluding hydrogens is 427 g/mol. The first-order chi connectivity index (χ1) is 15.6. The van der Waals surface area contributed by atoms with Crippen molar-refractivity contribution in [2.45, 2.75) is 25.8 Å². The van der Waals surface area contributed by atoms with Crippen LogP contribution in [0.15, 0.2) is 61.2 Å². The number of aromatic amines is 1. The molecule has 0 saturated carbocycles. The van der Waals surface area contributed by atoms with E-state index in [0.29, 0.717) is 33.3 Å². The van der Waals surface area contributed by atoms with Crippen molar-refractivity contribution in [3.8, 4) is 11.3 Å². The van der Waals surface area contributed by atoms with Gasteiger partial charge in [-0.2, -0.15) is 0 Å². The topological polar surface area (TPSA) is 79.4 Å².